The number of fused-ring (bicyclic) bond motifs is 6. The predicted octanol–water partition coefficient (Wildman–Crippen LogP) is 25.2. The highest BCUT2D eigenvalue weighted by molar-refractivity contribution is 5.84. The van der Waals surface area contributed by atoms with Gasteiger partial charge in [0, 0.05) is 64.7 Å². The van der Waals surface area contributed by atoms with E-state index in [1.807, 2.05) is 13.0 Å². The Morgan fingerprint density at radius 1 is 0.438 bits per heavy atom. The number of hydrogen-bond donors (Lipinski definition) is 0. The number of aryl methyl sites for hydroxylation is 3. The summed E-state index contributed by atoms with van der Waals surface area (Å²) in [5, 5.41) is 3.92. The molecule has 5 aromatic heterocycles. The molecule has 0 saturated carbocycles. The Labute approximate surface area is 537 Å². The van der Waals surface area contributed by atoms with Gasteiger partial charge in [-0.3, -0.25) is 0 Å². The maximum atomic E-state index is 5.65. The van der Waals surface area contributed by atoms with E-state index in [9.17, 15) is 0 Å². The Bertz CT molecular complexity index is 3990. The van der Waals surface area contributed by atoms with Gasteiger partial charge in [0.05, 0.1) is 11.0 Å². The third-order valence-electron chi connectivity index (χ3n) is 16.2. The average Bonchev–Trinajstić information content (AvgIpc) is 1.77. The minimum atomic E-state index is 0.347. The Kier molecular flexibility index (Phi) is 25.7. The van der Waals surface area contributed by atoms with Crippen LogP contribution in [0.2, 0.25) is 0 Å². The first-order chi connectivity index (χ1) is 42.1. The van der Waals surface area contributed by atoms with E-state index in [0.29, 0.717) is 53.5 Å². The molecule has 0 radical (unpaired) electrons. The molecule has 0 atom stereocenters. The molecule has 0 unspecified atom stereocenters. The zero-order chi connectivity index (χ0) is 65.6. The lowest BCUT2D eigenvalue weighted by molar-refractivity contribution is 0.501. The quantitative estimate of drug-likeness (QED) is 0.137. The largest absolute Gasteiger partial charge is 0.461 e. The van der Waals surface area contributed by atoms with E-state index >= 15 is 0 Å². The van der Waals surface area contributed by atoms with Gasteiger partial charge in [0.2, 0.25) is 0 Å². The monoisotopic (exact) mass is 1200 g/mol. The average molecular weight is 1200 g/mol. The van der Waals surface area contributed by atoms with Crippen molar-refractivity contribution < 1.29 is 8.83 Å². The molecule has 0 bridgehead atoms. The van der Waals surface area contributed by atoms with Crippen molar-refractivity contribution >= 4 is 61.0 Å². The number of hydrogen-bond acceptors (Lipinski definition) is 4. The van der Waals surface area contributed by atoms with Crippen molar-refractivity contribution in [3.05, 3.63) is 208 Å². The van der Waals surface area contributed by atoms with E-state index in [2.05, 4.69) is 324 Å². The zero-order valence-corrected chi connectivity index (χ0v) is 59.2. The number of aromatic nitrogens is 5. The minimum Gasteiger partial charge on any atom is -0.461 e. The molecule has 1 aliphatic carbocycles. The van der Waals surface area contributed by atoms with Crippen LogP contribution in [-0.2, 0) is 13.0 Å². The second kappa shape index (κ2) is 32.4. The number of allylic oxidation sites excluding steroid dienone is 1. The molecular weight excluding hydrogens is 1090 g/mol. The van der Waals surface area contributed by atoms with E-state index in [1.165, 1.54) is 83.0 Å². The van der Waals surface area contributed by atoms with Gasteiger partial charge in [-0.2, -0.15) is 0 Å². The molecule has 1 aliphatic rings. The number of imidazole rings is 1. The minimum absolute atomic E-state index is 0.347. The van der Waals surface area contributed by atoms with Crippen LogP contribution in [0.4, 0.5) is 0 Å². The van der Waals surface area contributed by atoms with Crippen LogP contribution >= 0.6 is 0 Å². The van der Waals surface area contributed by atoms with Crippen LogP contribution in [-0.4, -0.2) is 23.7 Å². The smallest absolute Gasteiger partial charge is 0.198 e. The lowest BCUT2D eigenvalue weighted by Gasteiger charge is -2.11. The first-order valence-corrected chi connectivity index (χ1v) is 33.4. The maximum absolute atomic E-state index is 5.65. The van der Waals surface area contributed by atoms with Crippen LogP contribution < -0.4 is 0 Å². The zero-order valence-electron chi connectivity index (χ0n) is 59.2. The molecule has 7 heteroatoms. The summed E-state index contributed by atoms with van der Waals surface area (Å²) in [5.74, 6) is 7.60. The van der Waals surface area contributed by atoms with Gasteiger partial charge in [-0.1, -0.05) is 191 Å². The van der Waals surface area contributed by atoms with Gasteiger partial charge in [-0.25, -0.2) is 9.97 Å². The van der Waals surface area contributed by atoms with Crippen LogP contribution in [0, 0.1) is 19.8 Å². The van der Waals surface area contributed by atoms with Crippen molar-refractivity contribution in [1.29, 1.82) is 0 Å². The molecule has 11 aromatic rings. The van der Waals surface area contributed by atoms with E-state index in [4.69, 9.17) is 13.8 Å². The van der Waals surface area contributed by atoms with E-state index < -0.39 is 0 Å². The predicted molar refractivity (Wildman–Crippen MR) is 388 cm³/mol. The molecule has 476 valence electrons. The standard InChI is InChI=1S/C15H22N2.C14H19N.C13H17NO.C12H15N.C12H14O.C12H14.C4H10/c1-6-17-14-8-7-12(10(2)3)9-13(14)16-15(17)11(4)5;1-10(2)13-6-5-12-7-8-15(11(3)4)14(12)9-13;1-8(2)10-5-6-12-11(7-10)14-13(15-12)9(3)4;1-9(2)13-8-7-11-10(3)5-4-6-12(11)13;1-8(2)10-4-5-12-11(7-10)6-9(3)13-12;1-9(2)11-7-6-10-4-3-5-12(10)8-11;1-4(2)3/h7-11H,6H2,1-5H3;5-11H,1-4H3;5-9H,1-4H3;4-9H,1-3H3;4-8H,1-3H3;3-4,6-9H,5H2,1-2H3;4H,1-3H3. The fraction of sp³-hybridized carbons (Fsp3) is 0.439. The number of oxazole rings is 1. The summed E-state index contributed by atoms with van der Waals surface area (Å²) in [6.45, 7) is 53.5. The normalized spacial score (nSPS) is 11.9. The Balaban J connectivity index is 0.000000169. The molecule has 0 amide bonds. The van der Waals surface area contributed by atoms with E-state index in [-0.39, 0.29) is 0 Å². The molecule has 0 spiro atoms. The number of nitrogens with zero attached hydrogens (tertiary/aromatic N) is 5. The fourth-order valence-electron chi connectivity index (χ4n) is 10.8. The highest BCUT2D eigenvalue weighted by atomic mass is 16.3. The maximum Gasteiger partial charge on any atom is 0.198 e. The highest BCUT2D eigenvalue weighted by Gasteiger charge is 2.15. The summed E-state index contributed by atoms with van der Waals surface area (Å²) in [4.78, 5) is 9.28. The van der Waals surface area contributed by atoms with Crippen LogP contribution in [0.25, 0.3) is 61.0 Å². The molecular formula is C82H111N5O2. The molecule has 89 heavy (non-hydrogen) atoms. The lowest BCUT2D eigenvalue weighted by Crippen LogP contribution is -2.03. The molecule has 0 aliphatic heterocycles. The van der Waals surface area contributed by atoms with Gasteiger partial charge in [0.25, 0.3) is 0 Å². The topological polar surface area (TPSA) is 66.8 Å². The van der Waals surface area contributed by atoms with Crippen molar-refractivity contribution in [2.24, 2.45) is 5.92 Å². The van der Waals surface area contributed by atoms with Crippen LogP contribution in [0.5, 0.6) is 0 Å². The second-order valence-electron chi connectivity index (χ2n) is 27.7. The molecule has 0 saturated heterocycles. The van der Waals surface area contributed by atoms with Gasteiger partial charge >= 0.3 is 0 Å². The molecule has 0 N–H and O–H groups in total. The number of rotatable bonds is 10. The summed E-state index contributed by atoms with van der Waals surface area (Å²) >= 11 is 0. The van der Waals surface area contributed by atoms with Crippen molar-refractivity contribution in [3.63, 3.8) is 0 Å². The van der Waals surface area contributed by atoms with Crippen LogP contribution in [0.1, 0.15) is 268 Å². The number of benzene rings is 6. The lowest BCUT2D eigenvalue weighted by atomic mass is 9.98. The SMILES string of the molecule is CC(C)C.CC(C)c1ccc2c(c1)CC=C2.CC(C)c1ccc2ccn(C(C)C)c2c1.CC(C)c1ccc2oc(C(C)C)nc2c1.CCn1c(C(C)C)nc2cc(C(C)C)ccc21.Cc1cc2cc(C(C)C)ccc2o1.Cc1cccc2c1ccn2C(C)C. The van der Waals surface area contributed by atoms with Gasteiger partial charge in [-0.15, -0.1) is 0 Å². The van der Waals surface area contributed by atoms with Crippen molar-refractivity contribution in [3.8, 4) is 0 Å². The molecule has 0 fully saturated rings. The van der Waals surface area contributed by atoms with E-state index in [1.54, 1.807) is 0 Å². The molecule has 12 rings (SSSR count). The third-order valence-corrected chi connectivity index (χ3v) is 16.2. The fourth-order valence-corrected chi connectivity index (χ4v) is 10.8. The third kappa shape index (κ3) is 19.1. The van der Waals surface area contributed by atoms with Gasteiger partial charge in [-0.05, 0) is 207 Å². The van der Waals surface area contributed by atoms with E-state index in [0.717, 1.165) is 52.7 Å². The molecule has 6 aromatic carbocycles. The Morgan fingerprint density at radius 3 is 1.55 bits per heavy atom. The van der Waals surface area contributed by atoms with Crippen molar-refractivity contribution in [1.82, 2.24) is 23.7 Å². The summed E-state index contributed by atoms with van der Waals surface area (Å²) in [5.41, 5.74) is 19.1. The first-order valence-electron chi connectivity index (χ1n) is 33.4. The van der Waals surface area contributed by atoms with Crippen LogP contribution in [0.3, 0.4) is 0 Å². The van der Waals surface area contributed by atoms with Crippen molar-refractivity contribution in [2.75, 3.05) is 0 Å². The van der Waals surface area contributed by atoms with Crippen molar-refractivity contribution in [2.45, 2.75) is 233 Å². The van der Waals surface area contributed by atoms with Crippen LogP contribution in [0.15, 0.2) is 155 Å². The summed E-state index contributed by atoms with van der Waals surface area (Å²) in [6.07, 6.45) is 9.91. The van der Waals surface area contributed by atoms with Gasteiger partial charge < -0.3 is 22.5 Å². The Hall–Kier alpha value is -7.38. The Morgan fingerprint density at radius 2 is 0.966 bits per heavy atom. The summed E-state index contributed by atoms with van der Waals surface area (Å²) in [7, 11) is 0. The summed E-state index contributed by atoms with van der Waals surface area (Å²) in [6, 6.07) is 46.9. The van der Waals surface area contributed by atoms with Gasteiger partial charge in [0.15, 0.2) is 11.5 Å². The second-order valence-corrected chi connectivity index (χ2v) is 27.7. The number of furan rings is 1. The molecule has 5 heterocycles. The summed E-state index contributed by atoms with van der Waals surface area (Å²) < 4.78 is 18.1. The highest BCUT2D eigenvalue weighted by Crippen LogP contribution is 2.30. The molecule has 7 nitrogen and oxygen atoms in total. The first kappa shape index (κ1) is 70.7. The van der Waals surface area contributed by atoms with Gasteiger partial charge in [0.1, 0.15) is 22.7 Å².